The number of benzene rings is 1. The fraction of sp³-hybridized carbons (Fsp3) is 0.389. The molecule has 3 rings (SSSR count). The number of aliphatic carboxylic acids is 1. The van der Waals surface area contributed by atoms with E-state index >= 15 is 0 Å². The standard InChI is InChI=1S/C16H20N4O2.C2HF3O2/c17-14-10-22-11-15(14)20-9-13(8-18-20)19-16(21)7-6-12-4-2-1-3-5-12;3-2(4,5)1(6)7/h1-5,8-9,14-15H,6-7,10-11,17H2,(H,19,21);(H,6,7)/t14-,15+;/m1./s1. The third-order valence-electron chi connectivity index (χ3n) is 4.04. The monoisotopic (exact) mass is 414 g/mol. The fourth-order valence-corrected chi connectivity index (χ4v) is 2.54. The molecule has 2 atom stereocenters. The zero-order chi connectivity index (χ0) is 21.4. The number of hydrogen-bond donors (Lipinski definition) is 3. The number of rotatable bonds is 5. The van der Waals surface area contributed by atoms with E-state index in [2.05, 4.69) is 10.4 Å². The molecule has 1 fully saturated rings. The maximum atomic E-state index is 12.0. The highest BCUT2D eigenvalue weighted by molar-refractivity contribution is 5.90. The number of aryl methyl sites for hydroxylation is 1. The number of alkyl halides is 3. The second kappa shape index (κ2) is 10.0. The summed E-state index contributed by atoms with van der Waals surface area (Å²) in [7, 11) is 0. The first kappa shape index (κ1) is 22.4. The highest BCUT2D eigenvalue weighted by Gasteiger charge is 2.38. The third-order valence-corrected chi connectivity index (χ3v) is 4.04. The first-order valence-electron chi connectivity index (χ1n) is 8.68. The summed E-state index contributed by atoms with van der Waals surface area (Å²) in [6.45, 7) is 1.10. The van der Waals surface area contributed by atoms with E-state index in [1.165, 1.54) is 0 Å². The van der Waals surface area contributed by atoms with Crippen molar-refractivity contribution >= 4 is 17.6 Å². The van der Waals surface area contributed by atoms with Gasteiger partial charge in [-0.05, 0) is 12.0 Å². The number of halogens is 3. The van der Waals surface area contributed by atoms with Gasteiger partial charge in [0.1, 0.15) is 0 Å². The van der Waals surface area contributed by atoms with Gasteiger partial charge in [0.15, 0.2) is 0 Å². The first-order valence-corrected chi connectivity index (χ1v) is 8.68. The molecule has 2 heterocycles. The van der Waals surface area contributed by atoms with Gasteiger partial charge in [-0.15, -0.1) is 0 Å². The van der Waals surface area contributed by atoms with Gasteiger partial charge in [0.2, 0.25) is 5.91 Å². The van der Waals surface area contributed by atoms with E-state index < -0.39 is 12.1 Å². The summed E-state index contributed by atoms with van der Waals surface area (Å²) in [5, 5.41) is 14.3. The van der Waals surface area contributed by atoms with E-state index in [0.29, 0.717) is 25.3 Å². The molecule has 8 nitrogen and oxygen atoms in total. The molecule has 158 valence electrons. The molecule has 0 unspecified atom stereocenters. The number of carbonyl (C=O) groups is 2. The summed E-state index contributed by atoms with van der Waals surface area (Å²) in [6.07, 6.45) is -0.464. The summed E-state index contributed by atoms with van der Waals surface area (Å²) in [6, 6.07) is 9.94. The highest BCUT2D eigenvalue weighted by atomic mass is 19.4. The Bertz CT molecular complexity index is 811. The van der Waals surface area contributed by atoms with E-state index in [4.69, 9.17) is 20.4 Å². The van der Waals surface area contributed by atoms with Crippen molar-refractivity contribution in [2.24, 2.45) is 5.73 Å². The maximum absolute atomic E-state index is 12.0. The molecular weight excluding hydrogens is 393 g/mol. The van der Waals surface area contributed by atoms with E-state index in [1.54, 1.807) is 17.1 Å². The van der Waals surface area contributed by atoms with Crippen molar-refractivity contribution in [2.75, 3.05) is 18.5 Å². The van der Waals surface area contributed by atoms with Crippen LogP contribution in [-0.4, -0.2) is 52.2 Å². The SMILES string of the molecule is N[C@@H]1COC[C@@H]1n1cc(NC(=O)CCc2ccccc2)cn1.O=C(O)C(F)(F)F. The van der Waals surface area contributed by atoms with Crippen molar-refractivity contribution in [3.05, 3.63) is 48.3 Å². The van der Waals surface area contributed by atoms with E-state index in [1.807, 2.05) is 30.3 Å². The minimum atomic E-state index is -5.08. The first-order chi connectivity index (χ1) is 13.7. The number of carboxylic acid groups (broad SMARTS) is 1. The van der Waals surface area contributed by atoms with Crippen LogP contribution in [0.5, 0.6) is 0 Å². The quantitative estimate of drug-likeness (QED) is 0.688. The van der Waals surface area contributed by atoms with Crippen LogP contribution in [0.3, 0.4) is 0 Å². The van der Waals surface area contributed by atoms with Crippen molar-refractivity contribution in [2.45, 2.75) is 31.1 Å². The molecule has 1 saturated heterocycles. The van der Waals surface area contributed by atoms with Gasteiger partial charge in [0.25, 0.3) is 0 Å². The normalized spacial score (nSPS) is 18.6. The molecule has 2 aromatic rings. The lowest BCUT2D eigenvalue weighted by Gasteiger charge is -2.12. The van der Waals surface area contributed by atoms with Crippen LogP contribution < -0.4 is 11.1 Å². The molecule has 0 radical (unpaired) electrons. The van der Waals surface area contributed by atoms with Crippen molar-refractivity contribution in [3.63, 3.8) is 0 Å². The van der Waals surface area contributed by atoms with Crippen LogP contribution in [0, 0.1) is 0 Å². The van der Waals surface area contributed by atoms with Crippen molar-refractivity contribution in [1.29, 1.82) is 0 Å². The number of amides is 1. The molecule has 11 heteroatoms. The van der Waals surface area contributed by atoms with Gasteiger partial charge in [-0.1, -0.05) is 30.3 Å². The number of anilines is 1. The molecule has 1 aliphatic heterocycles. The lowest BCUT2D eigenvalue weighted by Crippen LogP contribution is -2.31. The summed E-state index contributed by atoms with van der Waals surface area (Å²) >= 11 is 0. The Hall–Kier alpha value is -2.92. The predicted molar refractivity (Wildman–Crippen MR) is 97.1 cm³/mol. The predicted octanol–water partition coefficient (Wildman–Crippen LogP) is 1.99. The molecule has 1 aromatic carbocycles. The summed E-state index contributed by atoms with van der Waals surface area (Å²) < 4.78 is 38.8. The van der Waals surface area contributed by atoms with Gasteiger partial charge in [-0.3, -0.25) is 9.48 Å². The molecule has 29 heavy (non-hydrogen) atoms. The van der Waals surface area contributed by atoms with Crippen molar-refractivity contribution in [3.8, 4) is 0 Å². The molecule has 4 N–H and O–H groups in total. The smallest absolute Gasteiger partial charge is 0.475 e. The Kier molecular flexibility index (Phi) is 7.74. The Balaban J connectivity index is 0.000000370. The van der Waals surface area contributed by atoms with Gasteiger partial charge in [-0.2, -0.15) is 18.3 Å². The van der Waals surface area contributed by atoms with Gasteiger partial charge in [0.05, 0.1) is 37.2 Å². The van der Waals surface area contributed by atoms with Gasteiger partial charge < -0.3 is 20.9 Å². The summed E-state index contributed by atoms with van der Waals surface area (Å²) in [4.78, 5) is 20.9. The van der Waals surface area contributed by atoms with E-state index in [0.717, 1.165) is 12.0 Å². The molecule has 0 aliphatic carbocycles. The lowest BCUT2D eigenvalue weighted by molar-refractivity contribution is -0.192. The lowest BCUT2D eigenvalue weighted by atomic mass is 10.1. The topological polar surface area (TPSA) is 119 Å². The average molecular weight is 414 g/mol. The van der Waals surface area contributed by atoms with E-state index in [-0.39, 0.29) is 18.0 Å². The van der Waals surface area contributed by atoms with Crippen LogP contribution in [0.4, 0.5) is 18.9 Å². The summed E-state index contributed by atoms with van der Waals surface area (Å²) in [5.74, 6) is -2.78. The largest absolute Gasteiger partial charge is 0.490 e. The maximum Gasteiger partial charge on any atom is 0.490 e. The number of nitrogens with two attached hydrogens (primary N) is 1. The number of carbonyl (C=O) groups excluding carboxylic acids is 1. The molecule has 1 amide bonds. The van der Waals surface area contributed by atoms with Crippen LogP contribution in [0.25, 0.3) is 0 Å². The average Bonchev–Trinajstić information content (AvgIpc) is 3.29. The number of ether oxygens (including phenoxy) is 1. The Morgan fingerprint density at radius 2 is 1.93 bits per heavy atom. The second-order valence-corrected chi connectivity index (χ2v) is 6.31. The minimum Gasteiger partial charge on any atom is -0.475 e. The van der Waals surface area contributed by atoms with Crippen LogP contribution in [-0.2, 0) is 20.7 Å². The van der Waals surface area contributed by atoms with Gasteiger partial charge in [-0.25, -0.2) is 4.79 Å². The number of nitrogens with one attached hydrogen (secondary N) is 1. The fourth-order valence-electron chi connectivity index (χ4n) is 2.54. The van der Waals surface area contributed by atoms with Gasteiger partial charge in [0, 0.05) is 12.6 Å². The van der Waals surface area contributed by atoms with Crippen LogP contribution >= 0.6 is 0 Å². The number of hydrogen-bond acceptors (Lipinski definition) is 5. The molecule has 0 saturated carbocycles. The number of aromatic nitrogens is 2. The number of carboxylic acids is 1. The Morgan fingerprint density at radius 1 is 1.28 bits per heavy atom. The van der Waals surface area contributed by atoms with Crippen LogP contribution in [0.15, 0.2) is 42.7 Å². The number of nitrogens with zero attached hydrogens (tertiary/aromatic N) is 2. The molecule has 1 aliphatic rings. The Morgan fingerprint density at radius 3 is 2.48 bits per heavy atom. The zero-order valence-corrected chi connectivity index (χ0v) is 15.3. The molecule has 0 spiro atoms. The van der Waals surface area contributed by atoms with E-state index in [9.17, 15) is 18.0 Å². The Labute approximate surface area is 164 Å². The molecule has 1 aromatic heterocycles. The molecular formula is C18H21F3N4O4. The van der Waals surface area contributed by atoms with Crippen LogP contribution in [0.2, 0.25) is 0 Å². The van der Waals surface area contributed by atoms with Gasteiger partial charge >= 0.3 is 12.1 Å². The third kappa shape index (κ3) is 7.20. The summed E-state index contributed by atoms with van der Waals surface area (Å²) in [5.41, 5.74) is 7.81. The molecule has 0 bridgehead atoms. The zero-order valence-electron chi connectivity index (χ0n) is 15.3. The second-order valence-electron chi connectivity index (χ2n) is 6.31. The van der Waals surface area contributed by atoms with Crippen molar-refractivity contribution < 1.29 is 32.6 Å². The highest BCUT2D eigenvalue weighted by Crippen LogP contribution is 2.19. The minimum absolute atomic E-state index is 0.0182. The van der Waals surface area contributed by atoms with Crippen molar-refractivity contribution in [1.82, 2.24) is 9.78 Å². The van der Waals surface area contributed by atoms with Crippen LogP contribution in [0.1, 0.15) is 18.0 Å².